The highest BCUT2D eigenvalue weighted by Gasteiger charge is 2.39. The first-order valence-corrected chi connectivity index (χ1v) is 7.91. The molecule has 3 rings (SSSR count). The standard InChI is InChI=1S/C19H20O7/c1-22-11-8-14(25-4)16-15(9-11)26-19(18(21)17(16)20)10-5-6-12(23-2)13(7-10)24-3/h5-9,18-19,21H,1-4H3/t18-,19+/m0/s1. The molecule has 7 heteroatoms. The number of aliphatic hydroxyl groups excluding tert-OH is 1. The Hall–Kier alpha value is -2.93. The van der Waals surface area contributed by atoms with Crippen LogP contribution in [0.4, 0.5) is 0 Å². The highest BCUT2D eigenvalue weighted by molar-refractivity contribution is 6.05. The second kappa shape index (κ2) is 7.13. The van der Waals surface area contributed by atoms with Gasteiger partial charge in [0, 0.05) is 12.1 Å². The predicted molar refractivity (Wildman–Crippen MR) is 92.8 cm³/mol. The van der Waals surface area contributed by atoms with Gasteiger partial charge >= 0.3 is 0 Å². The topological polar surface area (TPSA) is 83.5 Å². The summed E-state index contributed by atoms with van der Waals surface area (Å²) in [4.78, 5) is 12.8. The molecule has 1 heterocycles. The second-order valence-electron chi connectivity index (χ2n) is 5.66. The summed E-state index contributed by atoms with van der Waals surface area (Å²) in [5.74, 6) is 1.59. The van der Waals surface area contributed by atoms with Crippen LogP contribution >= 0.6 is 0 Å². The van der Waals surface area contributed by atoms with E-state index in [9.17, 15) is 9.90 Å². The van der Waals surface area contributed by atoms with Crippen molar-refractivity contribution in [1.82, 2.24) is 0 Å². The van der Waals surface area contributed by atoms with Crippen LogP contribution in [0.1, 0.15) is 22.0 Å². The Morgan fingerprint density at radius 1 is 0.885 bits per heavy atom. The third kappa shape index (κ3) is 2.90. The summed E-state index contributed by atoms with van der Waals surface area (Å²) in [5, 5.41) is 10.5. The van der Waals surface area contributed by atoms with Crippen LogP contribution in [0.15, 0.2) is 30.3 Å². The summed E-state index contributed by atoms with van der Waals surface area (Å²) < 4.78 is 26.9. The molecule has 138 valence electrons. The largest absolute Gasteiger partial charge is 0.496 e. The normalized spacial score (nSPS) is 18.6. The van der Waals surface area contributed by atoms with Crippen LogP contribution in [-0.2, 0) is 0 Å². The van der Waals surface area contributed by atoms with E-state index in [4.69, 9.17) is 23.7 Å². The minimum atomic E-state index is -1.39. The molecule has 0 saturated heterocycles. The molecule has 2 aromatic carbocycles. The average Bonchev–Trinajstić information content (AvgIpc) is 2.68. The van der Waals surface area contributed by atoms with Crippen LogP contribution in [0, 0.1) is 0 Å². The lowest BCUT2D eigenvalue weighted by Gasteiger charge is -2.31. The molecule has 0 fully saturated rings. The molecule has 1 aliphatic rings. The van der Waals surface area contributed by atoms with Crippen LogP contribution in [0.5, 0.6) is 28.7 Å². The van der Waals surface area contributed by atoms with Gasteiger partial charge in [0.15, 0.2) is 23.7 Å². The third-order valence-corrected chi connectivity index (χ3v) is 4.29. The zero-order valence-corrected chi connectivity index (χ0v) is 14.9. The Balaban J connectivity index is 2.06. The quantitative estimate of drug-likeness (QED) is 0.876. The number of hydrogen-bond donors (Lipinski definition) is 1. The SMILES string of the molecule is COc1cc(OC)c2c(c1)O[C@H](c1ccc(OC)c(OC)c1)[C@@H](O)C2=O. The molecule has 0 amide bonds. The molecule has 0 aromatic heterocycles. The predicted octanol–water partition coefficient (Wildman–Crippen LogP) is 2.40. The molecule has 26 heavy (non-hydrogen) atoms. The molecule has 0 saturated carbocycles. The summed E-state index contributed by atoms with van der Waals surface area (Å²) in [6.45, 7) is 0. The number of Topliss-reactive ketones (excluding diaryl/α,β-unsaturated/α-hetero) is 1. The zero-order valence-electron chi connectivity index (χ0n) is 14.9. The van der Waals surface area contributed by atoms with E-state index in [1.165, 1.54) is 28.4 Å². The van der Waals surface area contributed by atoms with Crippen molar-refractivity contribution in [2.75, 3.05) is 28.4 Å². The van der Waals surface area contributed by atoms with Gasteiger partial charge in [0.05, 0.1) is 28.4 Å². The first kappa shape index (κ1) is 17.9. The molecule has 0 bridgehead atoms. The molecular formula is C19H20O7. The maximum atomic E-state index is 12.8. The number of ketones is 1. The lowest BCUT2D eigenvalue weighted by molar-refractivity contribution is 0.0209. The first-order chi connectivity index (χ1) is 12.5. The van der Waals surface area contributed by atoms with Crippen molar-refractivity contribution in [3.8, 4) is 28.7 Å². The second-order valence-corrected chi connectivity index (χ2v) is 5.66. The van der Waals surface area contributed by atoms with Crippen molar-refractivity contribution in [3.05, 3.63) is 41.5 Å². The molecule has 7 nitrogen and oxygen atoms in total. The van der Waals surface area contributed by atoms with Crippen molar-refractivity contribution >= 4 is 5.78 Å². The Bertz CT molecular complexity index is 831. The molecule has 0 aliphatic carbocycles. The van der Waals surface area contributed by atoms with Gasteiger partial charge in [-0.1, -0.05) is 6.07 Å². The van der Waals surface area contributed by atoms with E-state index in [1.807, 2.05) is 0 Å². The summed E-state index contributed by atoms with van der Waals surface area (Å²) in [6, 6.07) is 8.24. The van der Waals surface area contributed by atoms with Gasteiger partial charge < -0.3 is 28.8 Å². The number of carbonyl (C=O) groups excluding carboxylic acids is 1. The fraction of sp³-hybridized carbons (Fsp3) is 0.316. The fourth-order valence-electron chi connectivity index (χ4n) is 2.95. The summed E-state index contributed by atoms with van der Waals surface area (Å²) in [5.41, 5.74) is 0.772. The lowest BCUT2D eigenvalue weighted by atomic mass is 9.92. The molecule has 1 aliphatic heterocycles. The van der Waals surface area contributed by atoms with Gasteiger partial charge in [0.25, 0.3) is 0 Å². The van der Waals surface area contributed by atoms with Crippen molar-refractivity contribution < 1.29 is 33.6 Å². The van der Waals surface area contributed by atoms with Gasteiger partial charge in [0.1, 0.15) is 22.8 Å². The number of ether oxygens (including phenoxy) is 5. The Morgan fingerprint density at radius 2 is 1.58 bits per heavy atom. The lowest BCUT2D eigenvalue weighted by Crippen LogP contribution is -2.36. The van der Waals surface area contributed by atoms with Gasteiger partial charge in [-0.3, -0.25) is 4.79 Å². The summed E-state index contributed by atoms with van der Waals surface area (Å²) in [7, 11) is 5.99. The maximum Gasteiger partial charge on any atom is 0.202 e. The van der Waals surface area contributed by atoms with E-state index in [0.29, 0.717) is 22.8 Å². The number of benzene rings is 2. The molecule has 0 unspecified atom stereocenters. The number of hydrogen-bond acceptors (Lipinski definition) is 7. The summed E-state index contributed by atoms with van der Waals surface area (Å²) >= 11 is 0. The minimum absolute atomic E-state index is 0.192. The monoisotopic (exact) mass is 360 g/mol. The maximum absolute atomic E-state index is 12.8. The Morgan fingerprint density at radius 3 is 2.19 bits per heavy atom. The van der Waals surface area contributed by atoms with Gasteiger partial charge in [-0.2, -0.15) is 0 Å². The van der Waals surface area contributed by atoms with Crippen LogP contribution in [0.3, 0.4) is 0 Å². The average molecular weight is 360 g/mol. The Kier molecular flexibility index (Phi) is 4.90. The Labute approximate surface area is 151 Å². The van der Waals surface area contributed by atoms with Crippen molar-refractivity contribution in [2.24, 2.45) is 0 Å². The molecule has 0 spiro atoms. The van der Waals surface area contributed by atoms with E-state index in [0.717, 1.165) is 0 Å². The highest BCUT2D eigenvalue weighted by atomic mass is 16.5. The van der Waals surface area contributed by atoms with Crippen molar-refractivity contribution in [3.63, 3.8) is 0 Å². The van der Waals surface area contributed by atoms with E-state index < -0.39 is 18.0 Å². The highest BCUT2D eigenvalue weighted by Crippen LogP contribution is 2.43. The molecular weight excluding hydrogens is 340 g/mol. The smallest absolute Gasteiger partial charge is 0.202 e. The van der Waals surface area contributed by atoms with E-state index in [2.05, 4.69) is 0 Å². The van der Waals surface area contributed by atoms with Gasteiger partial charge in [0.2, 0.25) is 5.78 Å². The van der Waals surface area contributed by atoms with Gasteiger partial charge in [-0.15, -0.1) is 0 Å². The van der Waals surface area contributed by atoms with E-state index in [1.54, 1.807) is 30.3 Å². The van der Waals surface area contributed by atoms with Crippen LogP contribution in [0.2, 0.25) is 0 Å². The third-order valence-electron chi connectivity index (χ3n) is 4.29. The molecule has 1 N–H and O–H groups in total. The van der Waals surface area contributed by atoms with Crippen LogP contribution < -0.4 is 23.7 Å². The van der Waals surface area contributed by atoms with E-state index in [-0.39, 0.29) is 17.1 Å². The number of rotatable bonds is 5. The van der Waals surface area contributed by atoms with Crippen molar-refractivity contribution in [2.45, 2.75) is 12.2 Å². The fourth-order valence-corrected chi connectivity index (χ4v) is 2.95. The zero-order chi connectivity index (χ0) is 18.8. The molecule has 2 aromatic rings. The van der Waals surface area contributed by atoms with Gasteiger partial charge in [-0.05, 0) is 17.7 Å². The van der Waals surface area contributed by atoms with Crippen LogP contribution in [0.25, 0.3) is 0 Å². The molecule has 0 radical (unpaired) electrons. The summed E-state index contributed by atoms with van der Waals surface area (Å²) in [6.07, 6.45) is -2.28. The van der Waals surface area contributed by atoms with Crippen LogP contribution in [-0.4, -0.2) is 45.4 Å². The number of carbonyl (C=O) groups is 1. The van der Waals surface area contributed by atoms with Crippen molar-refractivity contribution in [1.29, 1.82) is 0 Å². The number of methoxy groups -OCH3 is 4. The molecule has 2 atom stereocenters. The first-order valence-electron chi connectivity index (χ1n) is 7.91. The van der Waals surface area contributed by atoms with E-state index >= 15 is 0 Å². The number of aliphatic hydroxyl groups is 1. The number of fused-ring (bicyclic) bond motifs is 1. The van der Waals surface area contributed by atoms with Gasteiger partial charge in [-0.25, -0.2) is 0 Å². The minimum Gasteiger partial charge on any atom is -0.496 e.